The lowest BCUT2D eigenvalue weighted by Gasteiger charge is -2.11. The quantitative estimate of drug-likeness (QED) is 0.835. The Balaban J connectivity index is 2.52. The van der Waals surface area contributed by atoms with Gasteiger partial charge in [0.25, 0.3) is 10.0 Å². The van der Waals surface area contributed by atoms with Gasteiger partial charge in [-0.3, -0.25) is 9.40 Å². The summed E-state index contributed by atoms with van der Waals surface area (Å²) in [6, 6.07) is 1.66. The average Bonchev–Trinajstić information content (AvgIpc) is 2.59. The molecule has 108 valence electrons. The lowest BCUT2D eigenvalue weighted by atomic mass is 10.3. The number of rotatable bonds is 3. The van der Waals surface area contributed by atoms with E-state index in [0.29, 0.717) is 11.3 Å². The molecule has 0 unspecified atom stereocenters. The lowest BCUT2D eigenvalue weighted by Crippen LogP contribution is -2.16. The van der Waals surface area contributed by atoms with Crippen molar-refractivity contribution in [3.05, 3.63) is 28.7 Å². The molecule has 0 saturated carbocycles. The predicted octanol–water partition coefficient (Wildman–Crippen LogP) is 1.47. The van der Waals surface area contributed by atoms with E-state index in [9.17, 15) is 8.42 Å². The predicted molar refractivity (Wildman–Crippen MR) is 77.1 cm³/mol. The summed E-state index contributed by atoms with van der Waals surface area (Å²) in [6.07, 6.45) is 1.50. The van der Waals surface area contributed by atoms with E-state index in [0.717, 1.165) is 0 Å². The van der Waals surface area contributed by atoms with Gasteiger partial charge in [-0.1, -0.05) is 11.6 Å². The molecule has 2 aromatic heterocycles. The highest BCUT2D eigenvalue weighted by molar-refractivity contribution is 7.93. The van der Waals surface area contributed by atoms with Crippen molar-refractivity contribution in [3.8, 4) is 0 Å². The summed E-state index contributed by atoms with van der Waals surface area (Å²) in [4.78, 5) is 3.80. The van der Waals surface area contributed by atoms with Crippen LogP contribution >= 0.6 is 11.6 Å². The van der Waals surface area contributed by atoms with E-state index in [-0.39, 0.29) is 21.6 Å². The summed E-state index contributed by atoms with van der Waals surface area (Å²) in [7, 11) is -2.26. The van der Waals surface area contributed by atoms with Crippen molar-refractivity contribution in [3.63, 3.8) is 0 Å². The molecule has 2 aromatic rings. The Labute approximate surface area is 121 Å². The molecule has 2 heterocycles. The maximum absolute atomic E-state index is 12.4. The summed E-state index contributed by atoms with van der Waals surface area (Å²) >= 11 is 5.92. The highest BCUT2D eigenvalue weighted by Gasteiger charge is 2.26. The van der Waals surface area contributed by atoms with Crippen molar-refractivity contribution in [2.45, 2.75) is 18.7 Å². The van der Waals surface area contributed by atoms with Gasteiger partial charge in [0.2, 0.25) is 0 Å². The first kappa shape index (κ1) is 14.6. The number of nitrogen functional groups attached to an aromatic ring is 1. The molecule has 0 fully saturated rings. The fourth-order valence-corrected chi connectivity index (χ4v) is 3.55. The molecule has 0 aliphatic rings. The highest BCUT2D eigenvalue weighted by Crippen LogP contribution is 2.28. The number of halogens is 1. The second-order valence-electron chi connectivity index (χ2n) is 4.32. The van der Waals surface area contributed by atoms with Crippen LogP contribution in [0.3, 0.4) is 0 Å². The van der Waals surface area contributed by atoms with Crippen molar-refractivity contribution in [2.24, 2.45) is 7.05 Å². The molecule has 3 N–H and O–H groups in total. The molecule has 0 bridgehead atoms. The highest BCUT2D eigenvalue weighted by atomic mass is 35.5. The number of nitrogens with zero attached hydrogens (tertiary/aromatic N) is 3. The zero-order chi connectivity index (χ0) is 15.1. The van der Waals surface area contributed by atoms with Crippen molar-refractivity contribution in [1.29, 1.82) is 0 Å². The van der Waals surface area contributed by atoms with Gasteiger partial charge < -0.3 is 5.73 Å². The maximum Gasteiger partial charge on any atom is 0.267 e. The standard InChI is InChI=1S/C11H14ClN5O2S/c1-6-4-5-14-10(12)8(6)16-20(18,19)9-7(2)17(3)15-11(9)13/h4-5,16H,1-3H3,(H2,13,15). The molecule has 9 heteroatoms. The molecule has 0 aliphatic carbocycles. The van der Waals surface area contributed by atoms with Gasteiger partial charge in [0, 0.05) is 13.2 Å². The van der Waals surface area contributed by atoms with E-state index >= 15 is 0 Å². The fourth-order valence-electron chi connectivity index (χ4n) is 1.78. The summed E-state index contributed by atoms with van der Waals surface area (Å²) in [5.74, 6) is -0.0600. The van der Waals surface area contributed by atoms with E-state index in [2.05, 4.69) is 14.8 Å². The van der Waals surface area contributed by atoms with E-state index in [4.69, 9.17) is 17.3 Å². The van der Waals surface area contributed by atoms with Crippen molar-refractivity contribution in [1.82, 2.24) is 14.8 Å². The van der Waals surface area contributed by atoms with Gasteiger partial charge in [0.1, 0.15) is 0 Å². The van der Waals surface area contributed by atoms with Crippen LogP contribution in [0.5, 0.6) is 0 Å². The Kier molecular flexibility index (Phi) is 3.61. The lowest BCUT2D eigenvalue weighted by molar-refractivity contribution is 0.600. The molecule has 0 radical (unpaired) electrons. The normalized spacial score (nSPS) is 11.6. The van der Waals surface area contributed by atoms with Gasteiger partial charge in [0.15, 0.2) is 15.9 Å². The molecule has 0 spiro atoms. The molecule has 0 aromatic carbocycles. The Hall–Kier alpha value is -1.80. The summed E-state index contributed by atoms with van der Waals surface area (Å²) in [5.41, 5.74) is 6.99. The van der Waals surface area contributed by atoms with Crippen molar-refractivity contribution < 1.29 is 8.42 Å². The third-order valence-electron chi connectivity index (χ3n) is 2.92. The number of aryl methyl sites for hydroxylation is 2. The van der Waals surface area contributed by atoms with E-state index in [1.807, 2.05) is 0 Å². The van der Waals surface area contributed by atoms with Crippen LogP contribution < -0.4 is 10.5 Å². The summed E-state index contributed by atoms with van der Waals surface area (Å²) in [5, 5.41) is 3.97. The number of hydrogen-bond acceptors (Lipinski definition) is 5. The number of anilines is 2. The maximum atomic E-state index is 12.4. The number of hydrogen-bond donors (Lipinski definition) is 2. The summed E-state index contributed by atoms with van der Waals surface area (Å²) < 4.78 is 28.7. The van der Waals surface area contributed by atoms with Crippen LogP contribution in [0.4, 0.5) is 11.5 Å². The number of nitrogens with one attached hydrogen (secondary N) is 1. The van der Waals surface area contributed by atoms with Gasteiger partial charge in [-0.15, -0.1) is 0 Å². The van der Waals surface area contributed by atoms with E-state index in [1.54, 1.807) is 27.0 Å². The van der Waals surface area contributed by atoms with E-state index in [1.165, 1.54) is 10.9 Å². The third-order valence-corrected chi connectivity index (χ3v) is 4.72. The minimum absolute atomic E-state index is 0.0562. The average molecular weight is 316 g/mol. The van der Waals surface area contributed by atoms with Crippen LogP contribution in [0.25, 0.3) is 0 Å². The van der Waals surface area contributed by atoms with Crippen LogP contribution in [0.15, 0.2) is 17.2 Å². The van der Waals surface area contributed by atoms with E-state index < -0.39 is 10.0 Å². The molecule has 0 atom stereocenters. The van der Waals surface area contributed by atoms with Crippen LogP contribution in [0, 0.1) is 13.8 Å². The largest absolute Gasteiger partial charge is 0.381 e. The Morgan fingerprint density at radius 3 is 2.55 bits per heavy atom. The summed E-state index contributed by atoms with van der Waals surface area (Å²) in [6.45, 7) is 3.35. The first-order valence-corrected chi connectivity index (χ1v) is 7.53. The molecule has 0 aliphatic heterocycles. The first-order chi connectivity index (χ1) is 9.24. The fraction of sp³-hybridized carbons (Fsp3) is 0.273. The van der Waals surface area contributed by atoms with Crippen LogP contribution in [-0.4, -0.2) is 23.2 Å². The zero-order valence-corrected chi connectivity index (χ0v) is 12.7. The van der Waals surface area contributed by atoms with Crippen molar-refractivity contribution >= 4 is 33.1 Å². The molecule has 7 nitrogen and oxygen atoms in total. The minimum atomic E-state index is -3.88. The molecular weight excluding hydrogens is 302 g/mol. The Morgan fingerprint density at radius 1 is 1.40 bits per heavy atom. The van der Waals surface area contributed by atoms with Crippen LogP contribution in [0.2, 0.25) is 5.15 Å². The van der Waals surface area contributed by atoms with Gasteiger partial charge in [-0.05, 0) is 25.5 Å². The van der Waals surface area contributed by atoms with Crippen LogP contribution in [0.1, 0.15) is 11.3 Å². The second kappa shape index (κ2) is 4.95. The number of nitrogens with two attached hydrogens (primary N) is 1. The third kappa shape index (κ3) is 2.44. The zero-order valence-electron chi connectivity index (χ0n) is 11.2. The van der Waals surface area contributed by atoms with Crippen molar-refractivity contribution in [2.75, 3.05) is 10.5 Å². The topological polar surface area (TPSA) is 103 Å². The van der Waals surface area contributed by atoms with Gasteiger partial charge in [-0.25, -0.2) is 13.4 Å². The molecule has 2 rings (SSSR count). The monoisotopic (exact) mass is 315 g/mol. The van der Waals surface area contributed by atoms with Gasteiger partial charge >= 0.3 is 0 Å². The number of aromatic nitrogens is 3. The molecular formula is C11H14ClN5O2S. The van der Waals surface area contributed by atoms with Gasteiger partial charge in [-0.2, -0.15) is 5.10 Å². The second-order valence-corrected chi connectivity index (χ2v) is 6.30. The number of sulfonamides is 1. The van der Waals surface area contributed by atoms with Crippen LogP contribution in [-0.2, 0) is 17.1 Å². The Morgan fingerprint density at radius 2 is 2.05 bits per heavy atom. The SMILES string of the molecule is Cc1ccnc(Cl)c1NS(=O)(=O)c1c(N)nn(C)c1C. The minimum Gasteiger partial charge on any atom is -0.381 e. The molecule has 20 heavy (non-hydrogen) atoms. The van der Waals surface area contributed by atoms with Gasteiger partial charge in [0.05, 0.1) is 11.4 Å². The smallest absolute Gasteiger partial charge is 0.267 e. The first-order valence-electron chi connectivity index (χ1n) is 5.67. The molecule has 0 amide bonds. The Bertz CT molecular complexity index is 749. The number of pyridine rings is 1. The molecule has 0 saturated heterocycles.